The van der Waals surface area contributed by atoms with Gasteiger partial charge in [-0.3, -0.25) is 0 Å². The summed E-state index contributed by atoms with van der Waals surface area (Å²) < 4.78 is 0. The van der Waals surface area contributed by atoms with E-state index in [9.17, 15) is 9.90 Å². The molecule has 1 aromatic rings. The normalized spacial score (nSPS) is 24.3. The van der Waals surface area contributed by atoms with Gasteiger partial charge in [-0.25, -0.2) is 4.79 Å². The summed E-state index contributed by atoms with van der Waals surface area (Å²) in [5, 5.41) is 13.0. The van der Waals surface area contributed by atoms with E-state index in [1.54, 1.807) is 36.0 Å². The lowest BCUT2D eigenvalue weighted by Gasteiger charge is -2.25. The van der Waals surface area contributed by atoms with Crippen LogP contribution in [0, 0.1) is 0 Å². The molecule has 1 aliphatic rings. The molecule has 0 amide bonds. The molecule has 0 radical (unpaired) electrons. The van der Waals surface area contributed by atoms with Gasteiger partial charge in [0.05, 0.1) is 0 Å². The number of halogens is 1. The van der Waals surface area contributed by atoms with E-state index in [0.717, 1.165) is 11.4 Å². The van der Waals surface area contributed by atoms with Crippen LogP contribution in [0.1, 0.15) is 6.42 Å². The molecule has 0 aliphatic carbocycles. The zero-order valence-electron chi connectivity index (χ0n) is 8.57. The lowest BCUT2D eigenvalue weighted by Crippen LogP contribution is -2.46. The van der Waals surface area contributed by atoms with Gasteiger partial charge in [-0.15, -0.1) is 0 Å². The molecular weight excluding hydrogens is 246 g/mol. The second kappa shape index (κ2) is 4.55. The Morgan fingerprint density at radius 1 is 1.44 bits per heavy atom. The van der Waals surface area contributed by atoms with Crippen LogP contribution in [0.4, 0.5) is 5.69 Å². The van der Waals surface area contributed by atoms with E-state index in [-0.39, 0.29) is 0 Å². The Kier molecular flexibility index (Phi) is 3.30. The summed E-state index contributed by atoms with van der Waals surface area (Å²) >= 11 is 7.44. The van der Waals surface area contributed by atoms with Crippen molar-refractivity contribution in [3.05, 3.63) is 29.3 Å². The third kappa shape index (κ3) is 2.28. The van der Waals surface area contributed by atoms with Crippen LogP contribution in [0.15, 0.2) is 24.3 Å². The number of carboxylic acid groups (broad SMARTS) is 1. The van der Waals surface area contributed by atoms with Crippen LogP contribution < -0.4 is 5.32 Å². The number of anilines is 1. The highest BCUT2D eigenvalue weighted by Gasteiger charge is 2.41. The van der Waals surface area contributed by atoms with Gasteiger partial charge in [0.2, 0.25) is 0 Å². The highest BCUT2D eigenvalue weighted by atomic mass is 35.5. The zero-order valence-corrected chi connectivity index (χ0v) is 10.1. The van der Waals surface area contributed by atoms with Crippen LogP contribution in [0.3, 0.4) is 0 Å². The van der Waals surface area contributed by atoms with Crippen molar-refractivity contribution < 1.29 is 9.90 Å². The maximum Gasteiger partial charge on any atom is 0.330 e. The fraction of sp³-hybridized carbons (Fsp3) is 0.364. The second-order valence-electron chi connectivity index (χ2n) is 3.82. The summed E-state index contributed by atoms with van der Waals surface area (Å²) in [6.45, 7) is 0. The van der Waals surface area contributed by atoms with Crippen LogP contribution in [-0.4, -0.2) is 28.1 Å². The van der Waals surface area contributed by atoms with E-state index < -0.39 is 11.5 Å². The Bertz CT molecular complexity index is 387. The number of hydrogen-bond acceptors (Lipinski definition) is 3. The molecule has 1 heterocycles. The Morgan fingerprint density at radius 3 is 2.62 bits per heavy atom. The summed E-state index contributed by atoms with van der Waals surface area (Å²) in [7, 11) is 0. The minimum atomic E-state index is -0.821. The predicted octanol–water partition coefficient (Wildman–Crippen LogP) is 2.71. The predicted molar refractivity (Wildman–Crippen MR) is 67.4 cm³/mol. The van der Waals surface area contributed by atoms with Crippen molar-refractivity contribution in [2.45, 2.75) is 12.0 Å². The number of carboxylic acids is 1. The second-order valence-corrected chi connectivity index (χ2v) is 5.36. The number of nitrogens with one attached hydrogen (secondary N) is 1. The van der Waals surface area contributed by atoms with Crippen LogP contribution in [0.5, 0.6) is 0 Å². The topological polar surface area (TPSA) is 49.3 Å². The van der Waals surface area contributed by atoms with Crippen LogP contribution in [-0.2, 0) is 4.79 Å². The summed E-state index contributed by atoms with van der Waals surface area (Å²) in [6.07, 6.45) is 0.648. The van der Waals surface area contributed by atoms with Gasteiger partial charge in [0.1, 0.15) is 5.54 Å². The van der Waals surface area contributed by atoms with Crippen LogP contribution in [0.2, 0.25) is 5.02 Å². The highest BCUT2D eigenvalue weighted by molar-refractivity contribution is 7.99. The highest BCUT2D eigenvalue weighted by Crippen LogP contribution is 2.32. The average Bonchev–Trinajstić information content (AvgIpc) is 2.71. The van der Waals surface area contributed by atoms with E-state index in [2.05, 4.69) is 5.32 Å². The minimum Gasteiger partial charge on any atom is -0.479 e. The molecule has 0 bridgehead atoms. The fourth-order valence-electron chi connectivity index (χ4n) is 1.70. The number of hydrogen-bond donors (Lipinski definition) is 2. The monoisotopic (exact) mass is 257 g/mol. The molecule has 0 saturated carbocycles. The summed E-state index contributed by atoms with van der Waals surface area (Å²) in [5.41, 5.74) is -0.0207. The van der Waals surface area contributed by atoms with Crippen molar-refractivity contribution >= 4 is 35.0 Å². The van der Waals surface area contributed by atoms with E-state index in [4.69, 9.17) is 11.6 Å². The first-order valence-corrected chi connectivity index (χ1v) is 6.51. The van der Waals surface area contributed by atoms with E-state index in [0.29, 0.717) is 17.2 Å². The van der Waals surface area contributed by atoms with Gasteiger partial charge in [-0.1, -0.05) is 11.6 Å². The molecule has 1 fully saturated rings. The first kappa shape index (κ1) is 11.6. The lowest BCUT2D eigenvalue weighted by atomic mass is 9.99. The first-order chi connectivity index (χ1) is 7.62. The molecule has 16 heavy (non-hydrogen) atoms. The van der Waals surface area contributed by atoms with E-state index in [1.807, 2.05) is 0 Å². The summed E-state index contributed by atoms with van der Waals surface area (Å²) in [6, 6.07) is 7.11. The Morgan fingerprint density at radius 2 is 2.12 bits per heavy atom. The third-order valence-electron chi connectivity index (χ3n) is 2.66. The van der Waals surface area contributed by atoms with Gasteiger partial charge in [0, 0.05) is 16.5 Å². The lowest BCUT2D eigenvalue weighted by molar-refractivity contribution is -0.141. The van der Waals surface area contributed by atoms with Gasteiger partial charge in [-0.2, -0.15) is 11.8 Å². The average molecular weight is 258 g/mol. The van der Waals surface area contributed by atoms with Crippen LogP contribution in [0.25, 0.3) is 0 Å². The SMILES string of the molecule is O=C(O)C1(Nc2ccc(Cl)cc2)CCSC1. The molecule has 1 aromatic carbocycles. The standard InChI is InChI=1S/C11H12ClNO2S/c12-8-1-3-9(4-2-8)13-11(10(14)15)5-6-16-7-11/h1-4,13H,5-7H2,(H,14,15). The van der Waals surface area contributed by atoms with Crippen molar-refractivity contribution in [1.82, 2.24) is 0 Å². The number of thioether (sulfide) groups is 1. The zero-order chi connectivity index (χ0) is 11.6. The molecule has 1 aliphatic heterocycles. The minimum absolute atomic E-state index is 0.602. The third-order valence-corrected chi connectivity index (χ3v) is 4.10. The quantitative estimate of drug-likeness (QED) is 0.874. The Labute approximate surface area is 103 Å². The first-order valence-electron chi connectivity index (χ1n) is 4.97. The van der Waals surface area contributed by atoms with Crippen LogP contribution >= 0.6 is 23.4 Å². The molecule has 1 unspecified atom stereocenters. The maximum absolute atomic E-state index is 11.3. The van der Waals surface area contributed by atoms with E-state index >= 15 is 0 Å². The molecule has 3 nitrogen and oxygen atoms in total. The molecule has 0 aromatic heterocycles. The van der Waals surface area contributed by atoms with Gasteiger partial charge >= 0.3 is 5.97 Å². The van der Waals surface area contributed by atoms with Gasteiger partial charge in [0.15, 0.2) is 0 Å². The van der Waals surface area contributed by atoms with Gasteiger partial charge in [0.25, 0.3) is 0 Å². The largest absolute Gasteiger partial charge is 0.479 e. The summed E-state index contributed by atoms with van der Waals surface area (Å²) in [4.78, 5) is 11.3. The van der Waals surface area contributed by atoms with Crippen molar-refractivity contribution in [2.75, 3.05) is 16.8 Å². The number of rotatable bonds is 3. The molecule has 5 heteroatoms. The molecule has 2 N–H and O–H groups in total. The smallest absolute Gasteiger partial charge is 0.330 e. The molecule has 0 spiro atoms. The van der Waals surface area contributed by atoms with Crippen molar-refractivity contribution in [3.8, 4) is 0 Å². The molecule has 2 rings (SSSR count). The number of carbonyl (C=O) groups is 1. The van der Waals surface area contributed by atoms with Crippen molar-refractivity contribution in [3.63, 3.8) is 0 Å². The molecular formula is C11H12ClNO2S. The Balaban J connectivity index is 2.18. The number of aliphatic carboxylic acids is 1. The summed E-state index contributed by atoms with van der Waals surface area (Å²) in [5.74, 6) is 0.699. The molecule has 1 atom stereocenters. The molecule has 1 saturated heterocycles. The Hall–Kier alpha value is -0.870. The maximum atomic E-state index is 11.3. The number of benzene rings is 1. The van der Waals surface area contributed by atoms with E-state index in [1.165, 1.54) is 0 Å². The van der Waals surface area contributed by atoms with Crippen molar-refractivity contribution in [1.29, 1.82) is 0 Å². The molecule has 86 valence electrons. The van der Waals surface area contributed by atoms with Gasteiger partial charge in [-0.05, 0) is 36.4 Å². The van der Waals surface area contributed by atoms with Crippen molar-refractivity contribution in [2.24, 2.45) is 0 Å². The fourth-order valence-corrected chi connectivity index (χ4v) is 3.15. The van der Waals surface area contributed by atoms with Gasteiger partial charge < -0.3 is 10.4 Å².